The Morgan fingerprint density at radius 1 is 1.29 bits per heavy atom. The number of rotatable bonds is 7. The van der Waals surface area contributed by atoms with Crippen LogP contribution in [0.25, 0.3) is 5.69 Å². The van der Waals surface area contributed by atoms with E-state index in [1.165, 1.54) is 12.8 Å². The van der Waals surface area contributed by atoms with E-state index in [1.54, 1.807) is 0 Å². The van der Waals surface area contributed by atoms with E-state index in [-0.39, 0.29) is 5.41 Å². The number of benzene rings is 1. The van der Waals surface area contributed by atoms with Crippen LogP contribution in [0.1, 0.15) is 32.5 Å². The van der Waals surface area contributed by atoms with Gasteiger partial charge in [-0.05, 0) is 53.3 Å². The molecule has 1 atom stereocenters. The summed E-state index contributed by atoms with van der Waals surface area (Å²) in [6, 6.07) is 10.1. The summed E-state index contributed by atoms with van der Waals surface area (Å²) in [5.41, 5.74) is 1.26. The van der Waals surface area contributed by atoms with Crippen LogP contribution in [0.15, 0.2) is 30.3 Å². The molecule has 1 saturated carbocycles. The number of nitrogens with one attached hydrogen (secondary N) is 1. The molecule has 0 saturated heterocycles. The molecule has 0 amide bonds. The van der Waals surface area contributed by atoms with Crippen molar-refractivity contribution in [1.29, 1.82) is 0 Å². The minimum absolute atomic E-state index is 0.233. The molecular formula is C16H23N5. The summed E-state index contributed by atoms with van der Waals surface area (Å²) in [5.74, 6) is 1.74. The fourth-order valence-electron chi connectivity index (χ4n) is 2.99. The van der Waals surface area contributed by atoms with Crippen LogP contribution in [0.3, 0.4) is 0 Å². The molecule has 0 bridgehead atoms. The standard InChI is InChI=1S/C16H23N5/c1-3-17-12-16(2,13-9-10-13)11-15-18-19-20-21(15)14-7-5-4-6-8-14/h4-8,13,17H,3,9-12H2,1-2H3. The van der Waals surface area contributed by atoms with E-state index in [0.29, 0.717) is 0 Å². The van der Waals surface area contributed by atoms with Gasteiger partial charge in [0.15, 0.2) is 5.82 Å². The van der Waals surface area contributed by atoms with Crippen LogP contribution < -0.4 is 5.32 Å². The summed E-state index contributed by atoms with van der Waals surface area (Å²) in [6.07, 6.45) is 3.57. The summed E-state index contributed by atoms with van der Waals surface area (Å²) in [4.78, 5) is 0. The smallest absolute Gasteiger partial charge is 0.157 e. The van der Waals surface area contributed by atoms with Gasteiger partial charge in [-0.25, -0.2) is 0 Å². The molecule has 1 fully saturated rings. The second-order valence-corrected chi connectivity index (χ2v) is 6.23. The predicted molar refractivity (Wildman–Crippen MR) is 82.2 cm³/mol. The summed E-state index contributed by atoms with van der Waals surface area (Å²) in [7, 11) is 0. The average molecular weight is 285 g/mol. The van der Waals surface area contributed by atoms with Crippen LogP contribution in [0.5, 0.6) is 0 Å². The molecule has 3 rings (SSSR count). The van der Waals surface area contributed by atoms with Gasteiger partial charge < -0.3 is 5.32 Å². The highest BCUT2D eigenvalue weighted by atomic mass is 15.5. The number of para-hydroxylation sites is 1. The van der Waals surface area contributed by atoms with Crippen LogP contribution >= 0.6 is 0 Å². The Morgan fingerprint density at radius 3 is 2.71 bits per heavy atom. The molecule has 5 nitrogen and oxygen atoms in total. The average Bonchev–Trinajstić information content (AvgIpc) is 3.28. The van der Waals surface area contributed by atoms with Crippen molar-refractivity contribution in [3.8, 4) is 5.69 Å². The fraction of sp³-hybridized carbons (Fsp3) is 0.562. The maximum Gasteiger partial charge on any atom is 0.157 e. The maximum atomic E-state index is 4.27. The lowest BCUT2D eigenvalue weighted by Gasteiger charge is -2.29. The predicted octanol–water partition coefficient (Wildman–Crippen LogP) is 2.23. The number of aromatic nitrogens is 4. The first kappa shape index (κ1) is 14.2. The zero-order chi connectivity index (χ0) is 14.7. The maximum absolute atomic E-state index is 4.27. The first-order valence-electron chi connectivity index (χ1n) is 7.76. The minimum Gasteiger partial charge on any atom is -0.316 e. The van der Waals surface area contributed by atoms with E-state index in [1.807, 2.05) is 35.0 Å². The van der Waals surface area contributed by atoms with Crippen molar-refractivity contribution in [3.05, 3.63) is 36.2 Å². The van der Waals surface area contributed by atoms with Crippen molar-refractivity contribution in [2.24, 2.45) is 11.3 Å². The molecule has 2 aromatic rings. The van der Waals surface area contributed by atoms with Crippen molar-refractivity contribution >= 4 is 0 Å². The van der Waals surface area contributed by atoms with E-state index >= 15 is 0 Å². The highest BCUT2D eigenvalue weighted by molar-refractivity contribution is 5.30. The van der Waals surface area contributed by atoms with Crippen molar-refractivity contribution in [2.45, 2.75) is 33.1 Å². The molecule has 1 N–H and O–H groups in total. The van der Waals surface area contributed by atoms with E-state index in [4.69, 9.17) is 0 Å². The normalized spacial score (nSPS) is 17.6. The van der Waals surface area contributed by atoms with Gasteiger partial charge in [0.05, 0.1) is 5.69 Å². The van der Waals surface area contributed by atoms with Crippen LogP contribution in [0, 0.1) is 11.3 Å². The summed E-state index contributed by atoms with van der Waals surface area (Å²) >= 11 is 0. The van der Waals surface area contributed by atoms with Gasteiger partial charge in [-0.15, -0.1) is 5.10 Å². The van der Waals surface area contributed by atoms with Crippen LogP contribution in [0.4, 0.5) is 0 Å². The molecule has 1 aromatic heterocycles. The van der Waals surface area contributed by atoms with Crippen molar-refractivity contribution in [1.82, 2.24) is 25.5 Å². The molecule has 5 heteroatoms. The number of hydrogen-bond acceptors (Lipinski definition) is 4. The van der Waals surface area contributed by atoms with Crippen LogP contribution in [0.2, 0.25) is 0 Å². The third kappa shape index (κ3) is 3.13. The van der Waals surface area contributed by atoms with Gasteiger partial charge in [-0.1, -0.05) is 32.0 Å². The number of hydrogen-bond donors (Lipinski definition) is 1. The van der Waals surface area contributed by atoms with E-state index < -0.39 is 0 Å². The van der Waals surface area contributed by atoms with Crippen LogP contribution in [-0.4, -0.2) is 33.3 Å². The number of nitrogens with zero attached hydrogens (tertiary/aromatic N) is 4. The third-order valence-electron chi connectivity index (χ3n) is 4.44. The topological polar surface area (TPSA) is 55.6 Å². The Bertz CT molecular complexity index is 575. The molecule has 0 spiro atoms. The molecule has 1 aromatic carbocycles. The van der Waals surface area contributed by atoms with Gasteiger partial charge in [-0.2, -0.15) is 4.68 Å². The molecule has 1 aliphatic carbocycles. The largest absolute Gasteiger partial charge is 0.316 e. The molecule has 1 aliphatic rings. The summed E-state index contributed by atoms with van der Waals surface area (Å²) < 4.78 is 1.87. The Hall–Kier alpha value is -1.75. The molecule has 112 valence electrons. The Labute approximate surface area is 125 Å². The monoisotopic (exact) mass is 285 g/mol. The van der Waals surface area contributed by atoms with Gasteiger partial charge in [0.25, 0.3) is 0 Å². The second kappa shape index (κ2) is 5.93. The molecular weight excluding hydrogens is 262 g/mol. The van der Waals surface area contributed by atoms with E-state index in [9.17, 15) is 0 Å². The van der Waals surface area contributed by atoms with Gasteiger partial charge in [0, 0.05) is 13.0 Å². The van der Waals surface area contributed by atoms with Gasteiger partial charge in [-0.3, -0.25) is 0 Å². The molecule has 0 radical (unpaired) electrons. The fourth-order valence-corrected chi connectivity index (χ4v) is 2.99. The lowest BCUT2D eigenvalue weighted by atomic mass is 9.81. The summed E-state index contributed by atoms with van der Waals surface area (Å²) in [5, 5.41) is 15.8. The second-order valence-electron chi connectivity index (χ2n) is 6.23. The SMILES string of the molecule is CCNCC(C)(Cc1nnnn1-c1ccccc1)C1CC1. The van der Waals surface area contributed by atoms with E-state index in [0.717, 1.165) is 36.9 Å². The Balaban J connectivity index is 1.82. The van der Waals surface area contributed by atoms with E-state index in [2.05, 4.69) is 34.7 Å². The third-order valence-corrected chi connectivity index (χ3v) is 4.44. The Kier molecular flexibility index (Phi) is 4.01. The van der Waals surface area contributed by atoms with Crippen molar-refractivity contribution in [2.75, 3.05) is 13.1 Å². The zero-order valence-corrected chi connectivity index (χ0v) is 12.8. The highest BCUT2D eigenvalue weighted by Gasteiger charge is 2.42. The molecule has 0 aliphatic heterocycles. The lowest BCUT2D eigenvalue weighted by molar-refractivity contribution is 0.251. The highest BCUT2D eigenvalue weighted by Crippen LogP contribution is 2.46. The molecule has 1 heterocycles. The first-order valence-corrected chi connectivity index (χ1v) is 7.76. The number of tetrazole rings is 1. The van der Waals surface area contributed by atoms with Crippen molar-refractivity contribution < 1.29 is 0 Å². The minimum atomic E-state index is 0.233. The molecule has 21 heavy (non-hydrogen) atoms. The van der Waals surface area contributed by atoms with Gasteiger partial charge >= 0.3 is 0 Å². The molecule has 1 unspecified atom stereocenters. The lowest BCUT2D eigenvalue weighted by Crippen LogP contribution is -2.36. The van der Waals surface area contributed by atoms with Gasteiger partial charge in [0.2, 0.25) is 0 Å². The Morgan fingerprint density at radius 2 is 2.05 bits per heavy atom. The van der Waals surface area contributed by atoms with Crippen molar-refractivity contribution in [3.63, 3.8) is 0 Å². The van der Waals surface area contributed by atoms with Crippen LogP contribution in [-0.2, 0) is 6.42 Å². The summed E-state index contributed by atoms with van der Waals surface area (Å²) in [6.45, 7) is 6.54. The van der Waals surface area contributed by atoms with Gasteiger partial charge in [0.1, 0.15) is 0 Å². The first-order chi connectivity index (χ1) is 10.2. The quantitative estimate of drug-likeness (QED) is 0.847. The zero-order valence-electron chi connectivity index (χ0n) is 12.8.